The van der Waals surface area contributed by atoms with E-state index < -0.39 is 15.9 Å². The van der Waals surface area contributed by atoms with Crippen LogP contribution in [0.3, 0.4) is 0 Å². The van der Waals surface area contributed by atoms with Crippen molar-refractivity contribution >= 4 is 50.2 Å². The molecule has 0 saturated carbocycles. The van der Waals surface area contributed by atoms with Gasteiger partial charge in [-0.3, -0.25) is 14.6 Å². The number of benzene rings is 4. The average Bonchev–Trinajstić information content (AvgIpc) is 3.27. The zero-order valence-electron chi connectivity index (χ0n) is 36.4. The Kier molecular flexibility index (Phi) is 13.8. The molecule has 0 bridgehead atoms. The SMILES string of the molecule is Cc1cc(S(=O)(=O)NC(=O)c2ccc(N3CCN(CC4=C(c5ccc(Cl)cc5)CC(C)(C)CC4)CC3)cc2Oc2ccc3c(c2)CCCN3)ccc1NCCCN1CCOCC1. The van der Waals surface area contributed by atoms with Crippen molar-refractivity contribution in [2.75, 3.05) is 94.2 Å². The third kappa shape index (κ3) is 10.9. The molecule has 13 heteroatoms. The van der Waals surface area contributed by atoms with Crippen LogP contribution in [0.4, 0.5) is 17.1 Å². The molecule has 1 amide bonds. The van der Waals surface area contributed by atoms with Gasteiger partial charge in [0.05, 0.1) is 23.7 Å². The number of halogens is 1. The van der Waals surface area contributed by atoms with Gasteiger partial charge in [-0.25, -0.2) is 13.1 Å². The number of aryl methyl sites for hydroxylation is 2. The maximum atomic E-state index is 14.0. The van der Waals surface area contributed by atoms with Crippen molar-refractivity contribution in [3.8, 4) is 11.5 Å². The van der Waals surface area contributed by atoms with Crippen LogP contribution in [-0.4, -0.2) is 103 Å². The van der Waals surface area contributed by atoms with Crippen LogP contribution in [0, 0.1) is 12.3 Å². The Balaban J connectivity index is 0.964. The van der Waals surface area contributed by atoms with Crippen LogP contribution in [0.2, 0.25) is 5.02 Å². The van der Waals surface area contributed by atoms with Gasteiger partial charge in [0.15, 0.2) is 0 Å². The Hall–Kier alpha value is -4.59. The number of ether oxygens (including phenoxy) is 2. The lowest BCUT2D eigenvalue weighted by Gasteiger charge is -2.39. The lowest BCUT2D eigenvalue weighted by Crippen LogP contribution is -2.47. The van der Waals surface area contributed by atoms with Crippen LogP contribution in [0.5, 0.6) is 11.5 Å². The number of hydrogen-bond acceptors (Lipinski definition) is 10. The van der Waals surface area contributed by atoms with E-state index in [1.807, 2.05) is 49.4 Å². The van der Waals surface area contributed by atoms with E-state index in [0.717, 1.165) is 144 Å². The second-order valence-corrected chi connectivity index (χ2v) is 20.1. The van der Waals surface area contributed by atoms with E-state index in [1.165, 1.54) is 29.2 Å². The Bertz CT molecular complexity index is 2370. The fourth-order valence-electron chi connectivity index (χ4n) is 9.11. The molecule has 3 aliphatic heterocycles. The lowest BCUT2D eigenvalue weighted by molar-refractivity contribution is 0.0378. The topological polar surface area (TPSA) is 115 Å². The number of nitrogens with zero attached hydrogens (tertiary/aromatic N) is 3. The number of fused-ring (bicyclic) bond motifs is 1. The van der Waals surface area contributed by atoms with Crippen LogP contribution in [0.15, 0.2) is 89.3 Å². The largest absolute Gasteiger partial charge is 0.456 e. The minimum atomic E-state index is -4.20. The molecular formula is C49H61ClN6O5S. The molecule has 0 aromatic heterocycles. The molecule has 0 spiro atoms. The summed E-state index contributed by atoms with van der Waals surface area (Å²) in [6, 6.07) is 24.6. The van der Waals surface area contributed by atoms with Crippen molar-refractivity contribution in [1.82, 2.24) is 14.5 Å². The van der Waals surface area contributed by atoms with Gasteiger partial charge in [0.1, 0.15) is 11.5 Å². The van der Waals surface area contributed by atoms with Gasteiger partial charge in [0.2, 0.25) is 0 Å². The monoisotopic (exact) mass is 880 g/mol. The second-order valence-electron chi connectivity index (χ2n) is 18.0. The van der Waals surface area contributed by atoms with Crippen molar-refractivity contribution in [3.63, 3.8) is 0 Å². The minimum Gasteiger partial charge on any atom is -0.456 e. The van der Waals surface area contributed by atoms with E-state index >= 15 is 0 Å². The third-order valence-electron chi connectivity index (χ3n) is 12.8. The first-order chi connectivity index (χ1) is 29.9. The highest BCUT2D eigenvalue weighted by molar-refractivity contribution is 7.90. The first-order valence-corrected chi connectivity index (χ1v) is 24.1. The zero-order chi connectivity index (χ0) is 43.3. The number of amides is 1. The molecule has 2 fully saturated rings. The molecular weight excluding hydrogens is 820 g/mol. The van der Waals surface area contributed by atoms with E-state index in [-0.39, 0.29) is 15.9 Å². The summed E-state index contributed by atoms with van der Waals surface area (Å²) < 4.78 is 41.8. The molecule has 4 aromatic carbocycles. The van der Waals surface area contributed by atoms with Gasteiger partial charge >= 0.3 is 0 Å². The highest BCUT2D eigenvalue weighted by Crippen LogP contribution is 2.43. The number of sulfonamides is 1. The Morgan fingerprint density at radius 1 is 0.903 bits per heavy atom. The standard InChI is InChI=1S/C49H61ClN6O5S/c1-35-30-42(13-16-45(35)51-20-5-21-54-26-28-60-29-27-54)62(58,59)53-48(57)43-14-11-40(32-47(43)61-41-12-15-46-37(31-41)6-4-19-52-46)56-24-22-55(23-25-56)34-38-17-18-49(2,3)33-44(38)36-7-9-39(50)10-8-36/h7-16,30-32,51-52H,4-6,17-29,33-34H2,1-3H3,(H,53,57). The maximum Gasteiger partial charge on any atom is 0.268 e. The summed E-state index contributed by atoms with van der Waals surface area (Å²) in [6.07, 6.45) is 6.21. The molecule has 11 nitrogen and oxygen atoms in total. The smallest absolute Gasteiger partial charge is 0.268 e. The van der Waals surface area contributed by atoms with E-state index in [0.29, 0.717) is 11.5 Å². The lowest BCUT2D eigenvalue weighted by atomic mass is 9.72. The van der Waals surface area contributed by atoms with Gasteiger partial charge in [0.25, 0.3) is 15.9 Å². The van der Waals surface area contributed by atoms with Gasteiger partial charge in [-0.15, -0.1) is 0 Å². The Morgan fingerprint density at radius 2 is 1.69 bits per heavy atom. The fourth-order valence-corrected chi connectivity index (χ4v) is 10.3. The molecule has 3 N–H and O–H groups in total. The van der Waals surface area contributed by atoms with Gasteiger partial charge < -0.3 is 25.0 Å². The number of carbonyl (C=O) groups is 1. The number of allylic oxidation sites excluding steroid dienone is 1. The summed E-state index contributed by atoms with van der Waals surface area (Å²) in [5.41, 5.74) is 9.42. The number of nitrogens with one attached hydrogen (secondary N) is 3. The molecule has 1 aliphatic carbocycles. The number of anilines is 3. The normalized spacial score (nSPS) is 18.5. The number of morpholine rings is 1. The van der Waals surface area contributed by atoms with E-state index in [1.54, 1.807) is 18.2 Å². The molecule has 0 unspecified atom stereocenters. The van der Waals surface area contributed by atoms with E-state index in [4.69, 9.17) is 21.1 Å². The van der Waals surface area contributed by atoms with Crippen molar-refractivity contribution in [2.45, 2.75) is 64.2 Å². The number of hydrogen-bond donors (Lipinski definition) is 3. The first kappa shape index (κ1) is 44.0. The predicted octanol–water partition coefficient (Wildman–Crippen LogP) is 8.84. The average molecular weight is 882 g/mol. The number of carbonyl (C=O) groups excluding carboxylic acids is 1. The molecule has 3 heterocycles. The highest BCUT2D eigenvalue weighted by Gasteiger charge is 2.30. The molecule has 8 rings (SSSR count). The molecule has 330 valence electrons. The zero-order valence-corrected chi connectivity index (χ0v) is 38.0. The van der Waals surface area contributed by atoms with Crippen LogP contribution < -0.4 is 25.0 Å². The van der Waals surface area contributed by atoms with E-state index in [2.05, 4.69) is 56.0 Å². The Morgan fingerprint density at radius 3 is 2.47 bits per heavy atom. The van der Waals surface area contributed by atoms with Crippen molar-refractivity contribution in [3.05, 3.63) is 112 Å². The van der Waals surface area contributed by atoms with Crippen LogP contribution in [-0.2, 0) is 21.2 Å². The number of piperazine rings is 1. The molecule has 4 aliphatic rings. The molecule has 2 saturated heterocycles. The summed E-state index contributed by atoms with van der Waals surface area (Å²) in [4.78, 5) is 21.3. The van der Waals surface area contributed by atoms with Crippen molar-refractivity contribution in [2.24, 2.45) is 5.41 Å². The molecule has 62 heavy (non-hydrogen) atoms. The Labute approximate surface area is 372 Å². The van der Waals surface area contributed by atoms with Gasteiger partial charge in [-0.05, 0) is 140 Å². The van der Waals surface area contributed by atoms with Gasteiger partial charge in [-0.1, -0.05) is 43.2 Å². The molecule has 0 radical (unpaired) electrons. The maximum absolute atomic E-state index is 14.0. The third-order valence-corrected chi connectivity index (χ3v) is 14.4. The van der Waals surface area contributed by atoms with Crippen LogP contribution in [0.1, 0.15) is 73.0 Å². The summed E-state index contributed by atoms with van der Waals surface area (Å²) in [7, 11) is -4.20. The summed E-state index contributed by atoms with van der Waals surface area (Å²) in [5.74, 6) is 0.145. The van der Waals surface area contributed by atoms with Crippen molar-refractivity contribution < 1.29 is 22.7 Å². The second kappa shape index (κ2) is 19.4. The molecule has 0 atom stereocenters. The highest BCUT2D eigenvalue weighted by atomic mass is 35.5. The molecule has 4 aromatic rings. The minimum absolute atomic E-state index is 0.0225. The van der Waals surface area contributed by atoms with Crippen molar-refractivity contribution in [1.29, 1.82) is 0 Å². The summed E-state index contributed by atoms with van der Waals surface area (Å²) >= 11 is 6.26. The predicted molar refractivity (Wildman–Crippen MR) is 251 cm³/mol. The fraction of sp³-hybridized carbons (Fsp3) is 0.449. The van der Waals surface area contributed by atoms with Gasteiger partial charge in [-0.2, -0.15) is 0 Å². The van der Waals surface area contributed by atoms with Crippen LogP contribution >= 0.6 is 11.6 Å². The van der Waals surface area contributed by atoms with E-state index in [9.17, 15) is 13.2 Å². The number of rotatable bonds is 14. The first-order valence-electron chi connectivity index (χ1n) is 22.2. The summed E-state index contributed by atoms with van der Waals surface area (Å²) in [5, 5.41) is 7.63. The quantitative estimate of drug-likeness (QED) is 0.106. The van der Waals surface area contributed by atoms with Crippen LogP contribution in [0.25, 0.3) is 5.57 Å². The van der Waals surface area contributed by atoms with Gasteiger partial charge in [0, 0.05) is 87.1 Å². The summed E-state index contributed by atoms with van der Waals surface area (Å²) in [6.45, 7) is 17.0.